The molecule has 3 rings (SSSR count). The van der Waals surface area contributed by atoms with Crippen LogP contribution in [-0.4, -0.2) is 33.5 Å². The Labute approximate surface area is 164 Å². The van der Waals surface area contributed by atoms with Gasteiger partial charge in [0.25, 0.3) is 5.91 Å². The lowest BCUT2D eigenvalue weighted by Gasteiger charge is -2.11. The van der Waals surface area contributed by atoms with Crippen molar-refractivity contribution in [3.05, 3.63) is 64.1 Å². The second-order valence-corrected chi connectivity index (χ2v) is 6.87. The number of carbonyl (C=O) groups is 2. The van der Waals surface area contributed by atoms with Gasteiger partial charge in [-0.1, -0.05) is 12.1 Å². The van der Waals surface area contributed by atoms with Crippen LogP contribution in [0.2, 0.25) is 0 Å². The van der Waals surface area contributed by atoms with Crippen LogP contribution in [0, 0.1) is 20.8 Å². The summed E-state index contributed by atoms with van der Waals surface area (Å²) in [5, 5.41) is 9.98. The molecule has 3 aromatic rings. The van der Waals surface area contributed by atoms with E-state index in [0.717, 1.165) is 33.9 Å². The molecule has 1 aromatic carbocycles. The van der Waals surface area contributed by atoms with E-state index in [4.69, 9.17) is 0 Å². The van der Waals surface area contributed by atoms with Crippen molar-refractivity contribution in [1.82, 2.24) is 25.2 Å². The molecule has 0 aliphatic heterocycles. The zero-order chi connectivity index (χ0) is 20.3. The van der Waals surface area contributed by atoms with Gasteiger partial charge in [0.05, 0.1) is 5.69 Å². The molecule has 7 nitrogen and oxygen atoms in total. The summed E-state index contributed by atoms with van der Waals surface area (Å²) in [6.07, 6.45) is 0.992. The predicted octanol–water partition coefficient (Wildman–Crippen LogP) is 2.26. The number of nitrogens with one attached hydrogen (secondary N) is 2. The highest BCUT2D eigenvalue weighted by Gasteiger charge is 2.13. The molecular formula is C21H25N5O2. The normalized spacial score (nSPS) is 10.9. The Morgan fingerprint density at radius 1 is 1.11 bits per heavy atom. The summed E-state index contributed by atoms with van der Waals surface area (Å²) in [6, 6.07) is 9.14. The number of nitrogens with zero attached hydrogens (tertiary/aromatic N) is 3. The van der Waals surface area contributed by atoms with E-state index in [2.05, 4.69) is 20.7 Å². The second-order valence-electron chi connectivity index (χ2n) is 6.87. The fraction of sp³-hybridized carbons (Fsp3) is 0.333. The van der Waals surface area contributed by atoms with Crippen LogP contribution in [0.25, 0.3) is 5.65 Å². The van der Waals surface area contributed by atoms with E-state index in [0.29, 0.717) is 24.9 Å². The first-order chi connectivity index (χ1) is 13.4. The van der Waals surface area contributed by atoms with Gasteiger partial charge in [-0.15, -0.1) is 0 Å². The fourth-order valence-corrected chi connectivity index (χ4v) is 3.25. The number of hydrogen-bond acceptors (Lipinski definition) is 4. The van der Waals surface area contributed by atoms with Crippen LogP contribution in [0.1, 0.15) is 45.0 Å². The second kappa shape index (κ2) is 8.21. The Kier molecular flexibility index (Phi) is 5.73. The van der Waals surface area contributed by atoms with Gasteiger partial charge in [0.1, 0.15) is 0 Å². The molecule has 0 saturated carbocycles. The number of aromatic nitrogens is 3. The third kappa shape index (κ3) is 4.19. The standard InChI is InChI=1S/C21H25N5O2/c1-13-11-19-24-14(2)18(15(3)26(19)25-13)9-10-20(27)23-12-16-5-7-17(8-6-16)21(28)22-4/h5-8,11H,9-10,12H2,1-4H3,(H,22,28)(H,23,27). The lowest BCUT2D eigenvalue weighted by atomic mass is 10.1. The Morgan fingerprint density at radius 3 is 2.50 bits per heavy atom. The average molecular weight is 379 g/mol. The minimum absolute atomic E-state index is 0.0223. The molecule has 0 saturated heterocycles. The van der Waals surface area contributed by atoms with E-state index in [1.165, 1.54) is 0 Å². The Balaban J connectivity index is 1.59. The number of hydrogen-bond donors (Lipinski definition) is 2. The lowest BCUT2D eigenvalue weighted by molar-refractivity contribution is -0.121. The van der Waals surface area contributed by atoms with Gasteiger partial charge in [0.15, 0.2) is 5.65 Å². The van der Waals surface area contributed by atoms with Crippen molar-refractivity contribution in [3.8, 4) is 0 Å². The number of carbonyl (C=O) groups excluding carboxylic acids is 2. The summed E-state index contributed by atoms with van der Waals surface area (Å²) in [5.41, 5.74) is 6.31. The summed E-state index contributed by atoms with van der Waals surface area (Å²) >= 11 is 0. The summed E-state index contributed by atoms with van der Waals surface area (Å²) in [7, 11) is 1.60. The molecule has 2 N–H and O–H groups in total. The van der Waals surface area contributed by atoms with Crippen molar-refractivity contribution >= 4 is 17.5 Å². The van der Waals surface area contributed by atoms with Crippen molar-refractivity contribution < 1.29 is 9.59 Å². The maximum absolute atomic E-state index is 12.3. The van der Waals surface area contributed by atoms with E-state index in [9.17, 15) is 9.59 Å². The van der Waals surface area contributed by atoms with Gasteiger partial charge in [0, 0.05) is 43.0 Å². The molecule has 2 heterocycles. The van der Waals surface area contributed by atoms with Gasteiger partial charge in [-0.25, -0.2) is 9.50 Å². The smallest absolute Gasteiger partial charge is 0.251 e. The minimum atomic E-state index is -0.126. The molecule has 0 radical (unpaired) electrons. The first-order valence-electron chi connectivity index (χ1n) is 9.29. The molecule has 0 aliphatic rings. The number of benzene rings is 1. The van der Waals surface area contributed by atoms with Crippen LogP contribution in [0.3, 0.4) is 0 Å². The topological polar surface area (TPSA) is 88.4 Å². The highest BCUT2D eigenvalue weighted by atomic mass is 16.2. The molecule has 0 unspecified atom stereocenters. The molecule has 0 aliphatic carbocycles. The number of fused-ring (bicyclic) bond motifs is 1. The van der Waals surface area contributed by atoms with Gasteiger partial charge in [-0.3, -0.25) is 9.59 Å². The van der Waals surface area contributed by atoms with Gasteiger partial charge in [0.2, 0.25) is 5.91 Å². The Hall–Kier alpha value is -3.22. The van der Waals surface area contributed by atoms with Gasteiger partial charge < -0.3 is 10.6 Å². The lowest BCUT2D eigenvalue weighted by Crippen LogP contribution is -2.23. The molecule has 146 valence electrons. The highest BCUT2D eigenvalue weighted by Crippen LogP contribution is 2.17. The maximum Gasteiger partial charge on any atom is 0.251 e. The summed E-state index contributed by atoms with van der Waals surface area (Å²) in [4.78, 5) is 28.4. The highest BCUT2D eigenvalue weighted by molar-refractivity contribution is 5.93. The van der Waals surface area contributed by atoms with E-state index in [1.54, 1.807) is 19.2 Å². The quantitative estimate of drug-likeness (QED) is 0.688. The van der Waals surface area contributed by atoms with Gasteiger partial charge >= 0.3 is 0 Å². The van der Waals surface area contributed by atoms with Crippen LogP contribution >= 0.6 is 0 Å². The van der Waals surface area contributed by atoms with Crippen LogP contribution in [0.15, 0.2) is 30.3 Å². The fourth-order valence-electron chi connectivity index (χ4n) is 3.25. The molecule has 0 atom stereocenters. The molecule has 2 aromatic heterocycles. The number of aryl methyl sites for hydroxylation is 3. The molecule has 7 heteroatoms. The summed E-state index contributed by atoms with van der Waals surface area (Å²) < 4.78 is 1.84. The van der Waals surface area contributed by atoms with Crippen molar-refractivity contribution in [2.75, 3.05) is 7.05 Å². The summed E-state index contributed by atoms with van der Waals surface area (Å²) in [6.45, 7) is 6.35. The van der Waals surface area contributed by atoms with Gasteiger partial charge in [-0.2, -0.15) is 5.10 Å². The minimum Gasteiger partial charge on any atom is -0.355 e. The third-order valence-electron chi connectivity index (χ3n) is 4.82. The van der Waals surface area contributed by atoms with Crippen molar-refractivity contribution in [1.29, 1.82) is 0 Å². The van der Waals surface area contributed by atoms with Gasteiger partial charge in [-0.05, 0) is 50.5 Å². The third-order valence-corrected chi connectivity index (χ3v) is 4.82. The number of rotatable bonds is 6. The molecule has 0 spiro atoms. The Bertz CT molecular complexity index is 1020. The zero-order valence-electron chi connectivity index (χ0n) is 16.7. The van der Waals surface area contributed by atoms with Crippen LogP contribution in [0.4, 0.5) is 0 Å². The summed E-state index contributed by atoms with van der Waals surface area (Å²) in [5.74, 6) is -0.148. The van der Waals surface area contributed by atoms with E-state index in [-0.39, 0.29) is 11.8 Å². The van der Waals surface area contributed by atoms with Crippen molar-refractivity contribution in [3.63, 3.8) is 0 Å². The molecule has 0 bridgehead atoms. The first kappa shape index (κ1) is 19.5. The van der Waals surface area contributed by atoms with E-state index >= 15 is 0 Å². The molecular weight excluding hydrogens is 354 g/mol. The molecule has 2 amide bonds. The van der Waals surface area contributed by atoms with Crippen LogP contribution in [0.5, 0.6) is 0 Å². The first-order valence-corrected chi connectivity index (χ1v) is 9.29. The van der Waals surface area contributed by atoms with Crippen molar-refractivity contribution in [2.45, 2.75) is 40.2 Å². The molecule has 0 fully saturated rings. The van der Waals surface area contributed by atoms with E-state index in [1.807, 2.05) is 43.5 Å². The Morgan fingerprint density at radius 2 is 1.82 bits per heavy atom. The zero-order valence-corrected chi connectivity index (χ0v) is 16.7. The predicted molar refractivity (Wildman–Crippen MR) is 107 cm³/mol. The van der Waals surface area contributed by atoms with Crippen LogP contribution in [-0.2, 0) is 17.8 Å². The van der Waals surface area contributed by atoms with E-state index < -0.39 is 0 Å². The average Bonchev–Trinajstić information content (AvgIpc) is 3.06. The maximum atomic E-state index is 12.3. The number of amides is 2. The molecule has 28 heavy (non-hydrogen) atoms. The van der Waals surface area contributed by atoms with Crippen LogP contribution < -0.4 is 10.6 Å². The largest absolute Gasteiger partial charge is 0.355 e. The monoisotopic (exact) mass is 379 g/mol. The SMILES string of the molecule is CNC(=O)c1ccc(CNC(=O)CCc2c(C)nc3cc(C)nn3c2C)cc1. The van der Waals surface area contributed by atoms with Crippen molar-refractivity contribution in [2.24, 2.45) is 0 Å².